The number of unbranched alkanes of at least 4 members (excludes halogenated alkanes) is 1. The van der Waals surface area contributed by atoms with Crippen LogP contribution in [0.4, 0.5) is 0 Å². The van der Waals surface area contributed by atoms with Crippen LogP contribution in [-0.2, 0) is 4.74 Å². The van der Waals surface area contributed by atoms with Crippen molar-refractivity contribution in [3.05, 3.63) is 11.8 Å². The molecule has 1 atom stereocenters. The highest BCUT2D eigenvalue weighted by atomic mass is 16.5. The second-order valence-electron chi connectivity index (χ2n) is 4.23. The average molecular weight is 212 g/mol. The maximum atomic E-state index is 5.67. The summed E-state index contributed by atoms with van der Waals surface area (Å²) in [5, 5.41) is 0. The highest BCUT2D eigenvalue weighted by Gasteiger charge is 2.05. The first-order chi connectivity index (χ1) is 7.28. The molecule has 0 aromatic carbocycles. The second-order valence-corrected chi connectivity index (χ2v) is 4.23. The van der Waals surface area contributed by atoms with Gasteiger partial charge in [0, 0.05) is 0 Å². The Labute approximate surface area is 95.9 Å². The molecule has 1 heteroatoms. The van der Waals surface area contributed by atoms with Gasteiger partial charge in [-0.05, 0) is 30.8 Å². The van der Waals surface area contributed by atoms with E-state index in [4.69, 9.17) is 4.74 Å². The Morgan fingerprint density at radius 3 is 2.27 bits per heavy atom. The van der Waals surface area contributed by atoms with Gasteiger partial charge in [-0.3, -0.25) is 0 Å². The maximum Gasteiger partial charge on any atom is 0.0901 e. The van der Waals surface area contributed by atoms with Crippen molar-refractivity contribution in [2.45, 2.75) is 66.2 Å². The van der Waals surface area contributed by atoms with E-state index >= 15 is 0 Å². The van der Waals surface area contributed by atoms with Gasteiger partial charge in [-0.15, -0.1) is 0 Å². The SMILES string of the molecule is CCCCC(CC)COC=C(CC)CC. The Kier molecular flexibility index (Phi) is 9.76. The van der Waals surface area contributed by atoms with E-state index in [1.807, 2.05) is 6.26 Å². The van der Waals surface area contributed by atoms with Crippen LogP contribution in [0.5, 0.6) is 0 Å². The summed E-state index contributed by atoms with van der Waals surface area (Å²) in [6.45, 7) is 9.79. The predicted octanol–water partition coefficient (Wildman–Crippen LogP) is 4.92. The molecule has 0 aliphatic heterocycles. The molecule has 0 aliphatic rings. The van der Waals surface area contributed by atoms with Gasteiger partial charge in [0.1, 0.15) is 0 Å². The Bertz CT molecular complexity index is 155. The van der Waals surface area contributed by atoms with Gasteiger partial charge in [-0.25, -0.2) is 0 Å². The van der Waals surface area contributed by atoms with Gasteiger partial charge in [-0.1, -0.05) is 47.0 Å². The van der Waals surface area contributed by atoms with Gasteiger partial charge in [-0.2, -0.15) is 0 Å². The van der Waals surface area contributed by atoms with Crippen LogP contribution in [0.3, 0.4) is 0 Å². The van der Waals surface area contributed by atoms with E-state index in [1.165, 1.54) is 31.3 Å². The largest absolute Gasteiger partial charge is 0.501 e. The summed E-state index contributed by atoms with van der Waals surface area (Å²) >= 11 is 0. The zero-order valence-electron chi connectivity index (χ0n) is 11.0. The summed E-state index contributed by atoms with van der Waals surface area (Å²) < 4.78 is 5.67. The van der Waals surface area contributed by atoms with Crippen molar-refractivity contribution in [1.29, 1.82) is 0 Å². The lowest BCUT2D eigenvalue weighted by Gasteiger charge is -2.14. The fraction of sp³-hybridized carbons (Fsp3) is 0.857. The Balaban J connectivity index is 3.74. The summed E-state index contributed by atoms with van der Waals surface area (Å²) in [5.74, 6) is 0.746. The molecule has 0 saturated heterocycles. The molecule has 0 aromatic heterocycles. The zero-order valence-corrected chi connectivity index (χ0v) is 11.0. The molecule has 0 radical (unpaired) electrons. The molecule has 0 N–H and O–H groups in total. The minimum atomic E-state index is 0.746. The van der Waals surface area contributed by atoms with Gasteiger partial charge < -0.3 is 4.74 Å². The van der Waals surface area contributed by atoms with Gasteiger partial charge in [0.2, 0.25) is 0 Å². The molecule has 0 saturated carbocycles. The van der Waals surface area contributed by atoms with Gasteiger partial charge >= 0.3 is 0 Å². The van der Waals surface area contributed by atoms with Crippen molar-refractivity contribution in [2.24, 2.45) is 5.92 Å². The molecule has 0 rings (SSSR count). The molecule has 0 aromatic rings. The summed E-state index contributed by atoms with van der Waals surface area (Å²) in [6.07, 6.45) is 9.39. The number of allylic oxidation sites excluding steroid dienone is 1. The molecule has 1 nitrogen and oxygen atoms in total. The van der Waals surface area contributed by atoms with Crippen molar-refractivity contribution in [3.63, 3.8) is 0 Å². The molecule has 0 aliphatic carbocycles. The van der Waals surface area contributed by atoms with Crippen LogP contribution in [0.2, 0.25) is 0 Å². The average Bonchev–Trinajstić information content (AvgIpc) is 2.28. The fourth-order valence-corrected chi connectivity index (χ4v) is 1.62. The maximum absolute atomic E-state index is 5.67. The minimum Gasteiger partial charge on any atom is -0.501 e. The summed E-state index contributed by atoms with van der Waals surface area (Å²) in [5.41, 5.74) is 1.42. The molecule has 1 unspecified atom stereocenters. The Hall–Kier alpha value is -0.460. The molecule has 0 bridgehead atoms. The number of hydrogen-bond acceptors (Lipinski definition) is 1. The van der Waals surface area contributed by atoms with Gasteiger partial charge in [0.15, 0.2) is 0 Å². The van der Waals surface area contributed by atoms with E-state index < -0.39 is 0 Å². The lowest BCUT2D eigenvalue weighted by Crippen LogP contribution is -2.06. The van der Waals surface area contributed by atoms with Crippen LogP contribution in [-0.4, -0.2) is 6.61 Å². The second kappa shape index (κ2) is 10.1. The van der Waals surface area contributed by atoms with E-state index in [1.54, 1.807) is 0 Å². The van der Waals surface area contributed by atoms with E-state index in [0.29, 0.717) is 0 Å². The molecule has 0 heterocycles. The van der Waals surface area contributed by atoms with Crippen LogP contribution in [0, 0.1) is 5.92 Å². The van der Waals surface area contributed by atoms with Crippen molar-refractivity contribution in [3.8, 4) is 0 Å². The third-order valence-corrected chi connectivity index (χ3v) is 3.03. The van der Waals surface area contributed by atoms with Crippen LogP contribution < -0.4 is 0 Å². The molecule has 0 amide bonds. The van der Waals surface area contributed by atoms with E-state index in [9.17, 15) is 0 Å². The van der Waals surface area contributed by atoms with Crippen molar-refractivity contribution < 1.29 is 4.74 Å². The first-order valence-electron chi connectivity index (χ1n) is 6.57. The number of ether oxygens (including phenoxy) is 1. The minimum absolute atomic E-state index is 0.746. The quantitative estimate of drug-likeness (QED) is 0.493. The van der Waals surface area contributed by atoms with Crippen molar-refractivity contribution >= 4 is 0 Å². The summed E-state index contributed by atoms with van der Waals surface area (Å²) in [7, 11) is 0. The Morgan fingerprint density at radius 1 is 1.13 bits per heavy atom. The third-order valence-electron chi connectivity index (χ3n) is 3.03. The molecule has 90 valence electrons. The summed E-state index contributed by atoms with van der Waals surface area (Å²) in [4.78, 5) is 0. The topological polar surface area (TPSA) is 9.23 Å². The molecular weight excluding hydrogens is 184 g/mol. The lowest BCUT2D eigenvalue weighted by molar-refractivity contribution is 0.180. The van der Waals surface area contributed by atoms with Crippen LogP contribution in [0.15, 0.2) is 11.8 Å². The van der Waals surface area contributed by atoms with Gasteiger partial charge in [0.25, 0.3) is 0 Å². The highest BCUT2D eigenvalue weighted by molar-refractivity contribution is 4.95. The predicted molar refractivity (Wildman–Crippen MR) is 67.9 cm³/mol. The monoisotopic (exact) mass is 212 g/mol. The normalized spacial score (nSPS) is 12.3. The van der Waals surface area contributed by atoms with Crippen LogP contribution in [0.1, 0.15) is 66.2 Å². The van der Waals surface area contributed by atoms with Gasteiger partial charge in [0.05, 0.1) is 12.9 Å². The first-order valence-corrected chi connectivity index (χ1v) is 6.57. The summed E-state index contributed by atoms with van der Waals surface area (Å²) in [6, 6.07) is 0. The lowest BCUT2D eigenvalue weighted by atomic mass is 10.0. The molecule has 0 fully saturated rings. The van der Waals surface area contributed by atoms with Crippen molar-refractivity contribution in [1.82, 2.24) is 0 Å². The van der Waals surface area contributed by atoms with Crippen LogP contribution in [0.25, 0.3) is 0 Å². The molecule has 15 heavy (non-hydrogen) atoms. The molecular formula is C14H28O. The van der Waals surface area contributed by atoms with E-state index in [2.05, 4.69) is 27.7 Å². The number of rotatable bonds is 9. The van der Waals surface area contributed by atoms with E-state index in [-0.39, 0.29) is 0 Å². The third kappa shape index (κ3) is 7.47. The highest BCUT2D eigenvalue weighted by Crippen LogP contribution is 2.14. The number of hydrogen-bond donors (Lipinski definition) is 0. The first kappa shape index (κ1) is 14.5. The zero-order chi connectivity index (χ0) is 11.5. The fourth-order valence-electron chi connectivity index (χ4n) is 1.62. The van der Waals surface area contributed by atoms with Crippen molar-refractivity contribution in [2.75, 3.05) is 6.61 Å². The Morgan fingerprint density at radius 2 is 1.80 bits per heavy atom. The standard InChI is InChI=1S/C14H28O/c1-5-9-10-14(8-4)12-15-11-13(6-2)7-3/h11,14H,5-10,12H2,1-4H3. The molecule has 0 spiro atoms. The van der Waals surface area contributed by atoms with Crippen LogP contribution >= 0.6 is 0 Å². The smallest absolute Gasteiger partial charge is 0.0901 e. The van der Waals surface area contributed by atoms with E-state index in [0.717, 1.165) is 25.4 Å².